The highest BCUT2D eigenvalue weighted by Gasteiger charge is 2.42. The van der Waals surface area contributed by atoms with Gasteiger partial charge < -0.3 is 0 Å². The fourth-order valence-corrected chi connectivity index (χ4v) is 4.63. The molecule has 3 aliphatic carbocycles. The Morgan fingerprint density at radius 1 is 1.00 bits per heavy atom. The normalized spacial score (nSPS) is 39.8. The van der Waals surface area contributed by atoms with Gasteiger partial charge in [0.1, 0.15) is 0 Å². The quantitative estimate of drug-likeness (QED) is 0.543. The van der Waals surface area contributed by atoms with Gasteiger partial charge in [0.2, 0.25) is 0 Å². The molecule has 3 saturated carbocycles. The average Bonchev–Trinajstić information content (AvgIpc) is 2.80. The summed E-state index contributed by atoms with van der Waals surface area (Å²) in [4.78, 5) is 0. The molecule has 0 aromatic carbocycles. The van der Waals surface area contributed by atoms with Gasteiger partial charge in [-0.1, -0.05) is 43.2 Å². The third-order valence-corrected chi connectivity index (χ3v) is 5.87. The first-order valence-electron chi connectivity index (χ1n) is 8.27. The van der Waals surface area contributed by atoms with Crippen molar-refractivity contribution in [2.24, 2.45) is 11.3 Å². The Hall–Kier alpha value is -0.780. The van der Waals surface area contributed by atoms with Crippen LogP contribution in [0.25, 0.3) is 0 Å². The van der Waals surface area contributed by atoms with E-state index in [1.165, 1.54) is 75.4 Å². The third kappa shape index (κ3) is 2.59. The molecule has 3 fully saturated rings. The molecule has 3 aliphatic rings. The van der Waals surface area contributed by atoms with E-state index >= 15 is 0 Å². The minimum atomic E-state index is 0.631. The summed E-state index contributed by atoms with van der Waals surface area (Å²) >= 11 is 0. The van der Waals surface area contributed by atoms with Crippen LogP contribution in [0, 0.1) is 11.3 Å². The summed E-state index contributed by atoms with van der Waals surface area (Å²) in [5.41, 5.74) is 5.31. The van der Waals surface area contributed by atoms with Gasteiger partial charge in [-0.15, -0.1) is 0 Å². The molecule has 0 spiro atoms. The zero-order valence-electron chi connectivity index (χ0n) is 12.5. The van der Waals surface area contributed by atoms with Gasteiger partial charge in [0.05, 0.1) is 0 Å². The van der Waals surface area contributed by atoms with Crippen molar-refractivity contribution in [2.45, 2.75) is 71.1 Å². The first kappa shape index (κ1) is 13.2. The third-order valence-electron chi connectivity index (χ3n) is 5.87. The van der Waals surface area contributed by atoms with Crippen LogP contribution < -0.4 is 0 Å². The molecule has 0 saturated heterocycles. The minimum absolute atomic E-state index is 0.631. The van der Waals surface area contributed by atoms with Gasteiger partial charge in [0, 0.05) is 0 Å². The van der Waals surface area contributed by atoms with Gasteiger partial charge in [0.15, 0.2) is 0 Å². The van der Waals surface area contributed by atoms with Gasteiger partial charge in [-0.3, -0.25) is 0 Å². The Morgan fingerprint density at radius 3 is 2.63 bits per heavy atom. The van der Waals surface area contributed by atoms with Crippen molar-refractivity contribution in [3.8, 4) is 0 Å². The van der Waals surface area contributed by atoms with Gasteiger partial charge in [-0.25, -0.2) is 0 Å². The molecule has 0 N–H and O–H groups in total. The summed E-state index contributed by atoms with van der Waals surface area (Å²) in [5.74, 6) is 0.884. The largest absolute Gasteiger partial charge is 0.0956 e. The highest BCUT2D eigenvalue weighted by atomic mass is 14.5. The van der Waals surface area contributed by atoms with E-state index in [2.05, 4.69) is 25.7 Å². The summed E-state index contributed by atoms with van der Waals surface area (Å²) in [6.07, 6.45) is 18.6. The SMILES string of the molecule is C=C1CCCC/C1=C/C=C1\CCC[C@]2(C)CCC[C@@H]12. The number of rotatable bonds is 1. The second kappa shape index (κ2) is 5.31. The molecule has 19 heavy (non-hydrogen) atoms. The molecular weight excluding hydrogens is 228 g/mol. The zero-order chi connectivity index (χ0) is 13.3. The topological polar surface area (TPSA) is 0 Å². The van der Waals surface area contributed by atoms with Crippen LogP contribution in [0.4, 0.5) is 0 Å². The molecule has 2 atom stereocenters. The number of hydrogen-bond donors (Lipinski definition) is 0. The predicted molar refractivity (Wildman–Crippen MR) is 83.1 cm³/mol. The first-order valence-corrected chi connectivity index (χ1v) is 8.27. The Bertz CT molecular complexity index is 423. The highest BCUT2D eigenvalue weighted by Crippen LogP contribution is 2.54. The van der Waals surface area contributed by atoms with Gasteiger partial charge in [-0.2, -0.15) is 0 Å². The second-order valence-corrected chi connectivity index (χ2v) is 7.20. The zero-order valence-corrected chi connectivity index (χ0v) is 12.5. The average molecular weight is 256 g/mol. The van der Waals surface area contributed by atoms with E-state index in [4.69, 9.17) is 0 Å². The Labute approximate surface area is 118 Å². The summed E-state index contributed by atoms with van der Waals surface area (Å²) in [7, 11) is 0. The first-order chi connectivity index (χ1) is 9.19. The maximum atomic E-state index is 4.24. The molecule has 0 aliphatic heterocycles. The number of hydrogen-bond acceptors (Lipinski definition) is 0. The summed E-state index contributed by atoms with van der Waals surface area (Å²) in [6, 6.07) is 0. The van der Waals surface area contributed by atoms with Crippen LogP contribution in [0.1, 0.15) is 71.1 Å². The molecule has 0 bridgehead atoms. The molecule has 0 aromatic rings. The van der Waals surface area contributed by atoms with Crippen LogP contribution in [-0.2, 0) is 0 Å². The minimum Gasteiger partial charge on any atom is -0.0956 e. The molecule has 104 valence electrons. The highest BCUT2D eigenvalue weighted by molar-refractivity contribution is 5.35. The maximum absolute atomic E-state index is 4.24. The van der Waals surface area contributed by atoms with E-state index in [9.17, 15) is 0 Å². The van der Waals surface area contributed by atoms with Crippen LogP contribution in [0.3, 0.4) is 0 Å². The van der Waals surface area contributed by atoms with Gasteiger partial charge in [-0.05, 0) is 74.7 Å². The lowest BCUT2D eigenvalue weighted by Gasteiger charge is -2.38. The molecule has 0 amide bonds. The molecule has 0 aromatic heterocycles. The van der Waals surface area contributed by atoms with E-state index < -0.39 is 0 Å². The van der Waals surface area contributed by atoms with Crippen LogP contribution in [0.2, 0.25) is 0 Å². The second-order valence-electron chi connectivity index (χ2n) is 7.20. The summed E-state index contributed by atoms with van der Waals surface area (Å²) < 4.78 is 0. The summed E-state index contributed by atoms with van der Waals surface area (Å²) in [5, 5.41) is 0. The molecule has 0 heteroatoms. The van der Waals surface area contributed by atoms with E-state index in [0.29, 0.717) is 5.41 Å². The molecule has 0 nitrogen and oxygen atoms in total. The molecular formula is C19H28. The fourth-order valence-electron chi connectivity index (χ4n) is 4.63. The van der Waals surface area contributed by atoms with E-state index in [0.717, 1.165) is 5.92 Å². The van der Waals surface area contributed by atoms with Crippen molar-refractivity contribution in [3.05, 3.63) is 35.5 Å². The molecule has 0 heterocycles. The van der Waals surface area contributed by atoms with Crippen molar-refractivity contribution in [1.29, 1.82) is 0 Å². The standard InChI is InChI=1S/C19H28/c1-15-7-3-4-8-16(15)11-12-17-9-5-13-19(2)14-6-10-18(17)19/h11-12,18H,1,3-10,13-14H2,2H3/b16-11-,17-12+/t18-,19+/m0/s1. The van der Waals surface area contributed by atoms with E-state index in [1.54, 1.807) is 5.57 Å². The van der Waals surface area contributed by atoms with Crippen molar-refractivity contribution in [2.75, 3.05) is 0 Å². The Morgan fingerprint density at radius 2 is 1.79 bits per heavy atom. The number of fused-ring (bicyclic) bond motifs is 1. The van der Waals surface area contributed by atoms with Crippen LogP contribution in [0.5, 0.6) is 0 Å². The number of allylic oxidation sites excluding steroid dienone is 5. The monoisotopic (exact) mass is 256 g/mol. The summed E-state index contributed by atoms with van der Waals surface area (Å²) in [6.45, 7) is 6.77. The lowest BCUT2D eigenvalue weighted by Crippen LogP contribution is -2.27. The predicted octanol–water partition coefficient (Wildman–Crippen LogP) is 5.96. The lowest BCUT2D eigenvalue weighted by molar-refractivity contribution is 0.201. The maximum Gasteiger partial charge on any atom is -0.0146 e. The Balaban J connectivity index is 1.79. The van der Waals surface area contributed by atoms with Crippen LogP contribution in [0.15, 0.2) is 35.5 Å². The van der Waals surface area contributed by atoms with Crippen LogP contribution >= 0.6 is 0 Å². The van der Waals surface area contributed by atoms with Crippen molar-refractivity contribution < 1.29 is 0 Å². The van der Waals surface area contributed by atoms with E-state index in [-0.39, 0.29) is 0 Å². The van der Waals surface area contributed by atoms with Crippen molar-refractivity contribution in [3.63, 3.8) is 0 Å². The van der Waals surface area contributed by atoms with Crippen molar-refractivity contribution >= 4 is 0 Å². The van der Waals surface area contributed by atoms with Gasteiger partial charge >= 0.3 is 0 Å². The Kier molecular flexibility index (Phi) is 3.69. The van der Waals surface area contributed by atoms with Crippen molar-refractivity contribution in [1.82, 2.24) is 0 Å². The fraction of sp³-hybridized carbons (Fsp3) is 0.684. The lowest BCUT2D eigenvalue weighted by atomic mass is 9.67. The van der Waals surface area contributed by atoms with Crippen LogP contribution in [-0.4, -0.2) is 0 Å². The van der Waals surface area contributed by atoms with Gasteiger partial charge in [0.25, 0.3) is 0 Å². The molecule has 0 unspecified atom stereocenters. The molecule has 3 rings (SSSR count). The van der Waals surface area contributed by atoms with E-state index in [1.807, 2.05) is 0 Å². The molecule has 0 radical (unpaired) electrons. The smallest absolute Gasteiger partial charge is 0.0146 e.